The van der Waals surface area contributed by atoms with E-state index < -0.39 is 0 Å². The summed E-state index contributed by atoms with van der Waals surface area (Å²) < 4.78 is 0. The summed E-state index contributed by atoms with van der Waals surface area (Å²) in [5.41, 5.74) is 0. The number of hydrogen-bond donors (Lipinski definition) is 0. The van der Waals surface area contributed by atoms with Crippen molar-refractivity contribution >= 4 is 0 Å². The molecular weight excluding hydrogens is 102 g/mol. The lowest BCUT2D eigenvalue weighted by molar-refractivity contribution is 0.404. The quantitative estimate of drug-likeness (QED) is 0.378. The van der Waals surface area contributed by atoms with Crippen LogP contribution >= 0.6 is 0 Å². The maximum Gasteiger partial charge on any atom is 0.0509 e. The Labute approximate surface area is 51.4 Å². The van der Waals surface area contributed by atoms with E-state index in [1.807, 2.05) is 27.9 Å². The Hall–Kier alpha value is -0.600. The van der Waals surface area contributed by atoms with Crippen molar-refractivity contribution in [3.05, 3.63) is 0 Å². The fraction of sp³-hybridized carbons (Fsp3) is 1.00. The van der Waals surface area contributed by atoms with E-state index in [2.05, 4.69) is 10.3 Å². The molecule has 0 heterocycles. The third-order valence-corrected chi connectivity index (χ3v) is 0.268. The van der Waals surface area contributed by atoms with Crippen LogP contribution in [0.5, 0.6) is 0 Å². The average Bonchev–Trinajstić information content (AvgIpc) is 1.72. The van der Waals surface area contributed by atoms with Crippen LogP contribution in [0.1, 0.15) is 13.8 Å². The Morgan fingerprint density at radius 3 is 1.50 bits per heavy atom. The van der Waals surface area contributed by atoms with Gasteiger partial charge in [0.15, 0.2) is 0 Å². The maximum atomic E-state index is 3.58. The smallest absolute Gasteiger partial charge is 0.0509 e. The molecule has 0 aliphatic rings. The Morgan fingerprint density at radius 2 is 1.50 bits per heavy atom. The van der Waals surface area contributed by atoms with E-state index in [0.29, 0.717) is 0 Å². The lowest BCUT2D eigenvalue weighted by atomic mass is 11.0. The van der Waals surface area contributed by atoms with E-state index in [4.69, 9.17) is 0 Å². The minimum absolute atomic E-state index is 1.64. The molecule has 0 aliphatic carbocycles. The number of nitrogens with zero attached hydrogens (tertiary/aromatic N) is 3. The highest BCUT2D eigenvalue weighted by atomic mass is 15.5. The third kappa shape index (κ3) is 18.2. The lowest BCUT2D eigenvalue weighted by Crippen LogP contribution is -1.98. The molecule has 0 bridgehead atoms. The second-order valence-electron chi connectivity index (χ2n) is 1.14. The van der Waals surface area contributed by atoms with Gasteiger partial charge >= 0.3 is 0 Å². The first-order valence-corrected chi connectivity index (χ1v) is 2.74. The van der Waals surface area contributed by atoms with Crippen LogP contribution in [0.25, 0.3) is 0 Å². The van der Waals surface area contributed by atoms with Crippen molar-refractivity contribution in [2.45, 2.75) is 13.8 Å². The minimum Gasteiger partial charge on any atom is -0.285 e. The molecule has 0 aliphatic heterocycles. The second-order valence-corrected chi connectivity index (χ2v) is 1.14. The molecule has 0 atom stereocenters. The summed E-state index contributed by atoms with van der Waals surface area (Å²) in [6.45, 7) is 4.00. The van der Waals surface area contributed by atoms with Crippen molar-refractivity contribution in [3.8, 4) is 0 Å². The van der Waals surface area contributed by atoms with Gasteiger partial charge in [-0.2, -0.15) is 5.11 Å². The molecule has 0 aromatic rings. The van der Waals surface area contributed by atoms with Crippen LogP contribution < -0.4 is 0 Å². The highest BCUT2D eigenvalue weighted by Gasteiger charge is 1.68. The summed E-state index contributed by atoms with van der Waals surface area (Å²) in [7, 11) is 5.29. The van der Waals surface area contributed by atoms with Gasteiger partial charge in [0.25, 0.3) is 0 Å². The summed E-state index contributed by atoms with van der Waals surface area (Å²) in [4.78, 5) is 0. The van der Waals surface area contributed by atoms with E-state index in [0.717, 1.165) is 0 Å². The van der Waals surface area contributed by atoms with E-state index >= 15 is 0 Å². The number of rotatable bonds is 1. The predicted molar refractivity (Wildman–Crippen MR) is 35.8 cm³/mol. The van der Waals surface area contributed by atoms with Gasteiger partial charge in [0.1, 0.15) is 0 Å². The average molecular weight is 117 g/mol. The fourth-order valence-electron chi connectivity index (χ4n) is 0.179. The molecule has 0 radical (unpaired) electrons. The molecule has 0 saturated heterocycles. The molecule has 3 nitrogen and oxygen atoms in total. The van der Waals surface area contributed by atoms with E-state index in [-0.39, 0.29) is 0 Å². The van der Waals surface area contributed by atoms with Crippen molar-refractivity contribution in [3.63, 3.8) is 0 Å². The van der Waals surface area contributed by atoms with Crippen molar-refractivity contribution in [1.82, 2.24) is 5.01 Å². The van der Waals surface area contributed by atoms with Gasteiger partial charge in [-0.05, 0) is 0 Å². The maximum absolute atomic E-state index is 3.58. The van der Waals surface area contributed by atoms with Crippen LogP contribution in [0.3, 0.4) is 0 Å². The molecule has 0 saturated carbocycles. The molecule has 0 N–H and O–H groups in total. The third-order valence-electron chi connectivity index (χ3n) is 0.268. The Balaban J connectivity index is 0. The van der Waals surface area contributed by atoms with Gasteiger partial charge in [-0.15, -0.1) is 0 Å². The molecule has 0 unspecified atom stereocenters. The zero-order valence-electron chi connectivity index (χ0n) is 6.34. The Bertz CT molecular complexity index is 49.6. The van der Waals surface area contributed by atoms with Gasteiger partial charge < -0.3 is 0 Å². The lowest BCUT2D eigenvalue weighted by Gasteiger charge is -1.96. The summed E-state index contributed by atoms with van der Waals surface area (Å²) >= 11 is 0. The van der Waals surface area contributed by atoms with Gasteiger partial charge in [-0.25, -0.2) is 0 Å². The molecular formula is C5H15N3. The highest BCUT2D eigenvalue weighted by Crippen LogP contribution is 1.71. The second kappa shape index (κ2) is 9.64. The molecule has 0 fully saturated rings. The Kier molecular flexibility index (Phi) is 12.5. The van der Waals surface area contributed by atoms with Crippen LogP contribution in [-0.4, -0.2) is 26.2 Å². The molecule has 0 amide bonds. The van der Waals surface area contributed by atoms with Gasteiger partial charge in [0.2, 0.25) is 0 Å². The van der Waals surface area contributed by atoms with Gasteiger partial charge in [0.05, 0.1) is 7.05 Å². The topological polar surface area (TPSA) is 28.0 Å². The fourth-order valence-corrected chi connectivity index (χ4v) is 0.179. The van der Waals surface area contributed by atoms with Crippen molar-refractivity contribution in [1.29, 1.82) is 0 Å². The number of hydrogen-bond acceptors (Lipinski definition) is 2. The van der Waals surface area contributed by atoms with E-state index in [9.17, 15) is 0 Å². The van der Waals surface area contributed by atoms with Crippen molar-refractivity contribution in [2.24, 2.45) is 10.3 Å². The standard InChI is InChI=1S/C3H9N3.C2H6/c1-4-5-6(2)3;1-2/h1-3H3;1-2H3. The summed E-state index contributed by atoms with van der Waals surface area (Å²) in [6.07, 6.45) is 0. The van der Waals surface area contributed by atoms with Crippen LogP contribution in [-0.2, 0) is 0 Å². The first kappa shape index (κ1) is 10.4. The van der Waals surface area contributed by atoms with Crippen LogP contribution in [0.4, 0.5) is 0 Å². The summed E-state index contributed by atoms with van der Waals surface area (Å²) in [6, 6.07) is 0. The molecule has 0 rings (SSSR count). The van der Waals surface area contributed by atoms with Gasteiger partial charge in [-0.3, -0.25) is 5.01 Å². The van der Waals surface area contributed by atoms with E-state index in [1.54, 1.807) is 12.1 Å². The summed E-state index contributed by atoms with van der Waals surface area (Å²) in [5, 5.41) is 8.71. The minimum atomic E-state index is 1.64. The molecule has 0 aromatic heterocycles. The van der Waals surface area contributed by atoms with Crippen LogP contribution in [0.15, 0.2) is 10.3 Å². The Morgan fingerprint density at radius 1 is 1.12 bits per heavy atom. The molecule has 8 heavy (non-hydrogen) atoms. The van der Waals surface area contributed by atoms with E-state index in [1.165, 1.54) is 0 Å². The van der Waals surface area contributed by atoms with Crippen LogP contribution in [0, 0.1) is 0 Å². The monoisotopic (exact) mass is 117 g/mol. The first-order chi connectivity index (χ1) is 3.77. The largest absolute Gasteiger partial charge is 0.285 e. The highest BCUT2D eigenvalue weighted by molar-refractivity contribution is 4.13. The van der Waals surface area contributed by atoms with Crippen LogP contribution in [0.2, 0.25) is 0 Å². The molecule has 0 aromatic carbocycles. The van der Waals surface area contributed by atoms with Crippen molar-refractivity contribution < 1.29 is 0 Å². The zero-order valence-corrected chi connectivity index (χ0v) is 6.34. The summed E-state index contributed by atoms with van der Waals surface area (Å²) in [5.74, 6) is 0. The molecule has 50 valence electrons. The van der Waals surface area contributed by atoms with Gasteiger partial charge in [0, 0.05) is 14.1 Å². The molecule has 3 heteroatoms. The predicted octanol–water partition coefficient (Wildman–Crippen LogP) is 1.57. The molecule has 0 spiro atoms. The first-order valence-electron chi connectivity index (χ1n) is 2.74. The zero-order chi connectivity index (χ0) is 6.99. The van der Waals surface area contributed by atoms with Crippen molar-refractivity contribution in [2.75, 3.05) is 21.1 Å². The SMILES string of the molecule is CC.CN=NN(C)C. The van der Waals surface area contributed by atoms with Gasteiger partial charge in [-0.1, -0.05) is 19.1 Å². The normalized spacial score (nSPS) is 8.12.